The summed E-state index contributed by atoms with van der Waals surface area (Å²) in [7, 11) is 0. The molecule has 3 rings (SSSR count). The molecule has 0 aliphatic carbocycles. The minimum absolute atomic E-state index is 0.351. The summed E-state index contributed by atoms with van der Waals surface area (Å²) < 4.78 is 26.4. The van der Waals surface area contributed by atoms with E-state index in [0.29, 0.717) is 23.0 Å². The van der Waals surface area contributed by atoms with Gasteiger partial charge in [-0.2, -0.15) is 0 Å². The van der Waals surface area contributed by atoms with Crippen LogP contribution in [0.1, 0.15) is 30.3 Å². The van der Waals surface area contributed by atoms with Crippen molar-refractivity contribution < 1.29 is 8.78 Å². The standard InChI is InChI=1S/C16H17F2N3/c1-10-20-15(11-4-5-13(17)14(18)7-11)8-16(21-10)12-3-2-6-19-9-12/h4-5,7-8,12,19H,2-3,6,9H2,1H3/t12-/m0/s1. The van der Waals surface area contributed by atoms with Crippen LogP contribution in [0.25, 0.3) is 11.3 Å². The highest BCUT2D eigenvalue weighted by Gasteiger charge is 2.18. The van der Waals surface area contributed by atoms with Crippen LogP contribution in [0, 0.1) is 18.6 Å². The Morgan fingerprint density at radius 3 is 2.71 bits per heavy atom. The molecule has 1 atom stereocenters. The Bertz CT molecular complexity index is 652. The number of piperidine rings is 1. The summed E-state index contributed by atoms with van der Waals surface area (Å²) in [6, 6.07) is 5.74. The number of rotatable bonds is 2. The van der Waals surface area contributed by atoms with Crippen LogP contribution >= 0.6 is 0 Å². The first-order valence-electron chi connectivity index (χ1n) is 7.15. The Morgan fingerprint density at radius 1 is 1.14 bits per heavy atom. The molecule has 1 saturated heterocycles. The average molecular weight is 289 g/mol. The number of nitrogens with one attached hydrogen (secondary N) is 1. The van der Waals surface area contributed by atoms with Crippen molar-refractivity contribution in [1.82, 2.24) is 15.3 Å². The van der Waals surface area contributed by atoms with Crippen LogP contribution in [0.3, 0.4) is 0 Å². The molecule has 1 aromatic heterocycles. The molecule has 5 heteroatoms. The third-order valence-electron chi connectivity index (χ3n) is 3.79. The summed E-state index contributed by atoms with van der Waals surface area (Å²) in [6.07, 6.45) is 2.20. The molecule has 0 saturated carbocycles. The molecule has 110 valence electrons. The number of hydrogen-bond acceptors (Lipinski definition) is 3. The highest BCUT2D eigenvalue weighted by atomic mass is 19.2. The number of hydrogen-bond donors (Lipinski definition) is 1. The van der Waals surface area contributed by atoms with Crippen LogP contribution < -0.4 is 5.32 Å². The van der Waals surface area contributed by atoms with E-state index in [2.05, 4.69) is 15.3 Å². The summed E-state index contributed by atoms with van der Waals surface area (Å²) in [6.45, 7) is 3.76. The average Bonchev–Trinajstić information content (AvgIpc) is 2.50. The fraction of sp³-hybridized carbons (Fsp3) is 0.375. The zero-order valence-corrected chi connectivity index (χ0v) is 11.9. The van der Waals surface area contributed by atoms with Crippen molar-refractivity contribution in [2.75, 3.05) is 13.1 Å². The fourth-order valence-corrected chi connectivity index (χ4v) is 2.71. The lowest BCUT2D eigenvalue weighted by Gasteiger charge is -2.22. The van der Waals surface area contributed by atoms with E-state index >= 15 is 0 Å². The third-order valence-corrected chi connectivity index (χ3v) is 3.79. The molecular weight excluding hydrogens is 272 g/mol. The number of aryl methyl sites for hydroxylation is 1. The van der Waals surface area contributed by atoms with Gasteiger partial charge in [-0.25, -0.2) is 18.7 Å². The van der Waals surface area contributed by atoms with Gasteiger partial charge in [0.25, 0.3) is 0 Å². The molecule has 2 aromatic rings. The van der Waals surface area contributed by atoms with Crippen molar-refractivity contribution in [1.29, 1.82) is 0 Å². The van der Waals surface area contributed by atoms with Gasteiger partial charge in [-0.05, 0) is 50.6 Å². The predicted molar refractivity (Wildman–Crippen MR) is 77.0 cm³/mol. The molecule has 1 N–H and O–H groups in total. The molecule has 3 nitrogen and oxygen atoms in total. The fourth-order valence-electron chi connectivity index (χ4n) is 2.71. The Labute approximate surface area is 122 Å². The first-order valence-corrected chi connectivity index (χ1v) is 7.15. The van der Waals surface area contributed by atoms with E-state index < -0.39 is 11.6 Å². The van der Waals surface area contributed by atoms with Crippen molar-refractivity contribution in [3.05, 3.63) is 47.4 Å². The van der Waals surface area contributed by atoms with Crippen LogP contribution in [0.4, 0.5) is 8.78 Å². The van der Waals surface area contributed by atoms with Gasteiger partial charge in [-0.15, -0.1) is 0 Å². The molecule has 0 bridgehead atoms. The maximum absolute atomic E-state index is 13.4. The normalized spacial score (nSPS) is 18.7. The van der Waals surface area contributed by atoms with Crippen LogP contribution in [0.2, 0.25) is 0 Å². The second-order valence-corrected chi connectivity index (χ2v) is 5.40. The van der Waals surface area contributed by atoms with E-state index in [1.807, 2.05) is 13.0 Å². The number of aromatic nitrogens is 2. The van der Waals surface area contributed by atoms with Gasteiger partial charge in [0.05, 0.1) is 5.69 Å². The first-order chi connectivity index (χ1) is 10.1. The molecule has 0 amide bonds. The molecule has 0 spiro atoms. The van der Waals surface area contributed by atoms with E-state index in [0.717, 1.165) is 37.7 Å². The lowest BCUT2D eigenvalue weighted by molar-refractivity contribution is 0.453. The van der Waals surface area contributed by atoms with Crippen molar-refractivity contribution in [3.8, 4) is 11.3 Å². The highest BCUT2D eigenvalue weighted by molar-refractivity contribution is 5.59. The summed E-state index contributed by atoms with van der Waals surface area (Å²) >= 11 is 0. The molecule has 1 aliphatic rings. The zero-order valence-electron chi connectivity index (χ0n) is 11.9. The quantitative estimate of drug-likeness (QED) is 0.922. The smallest absolute Gasteiger partial charge is 0.159 e. The van der Waals surface area contributed by atoms with E-state index in [1.54, 1.807) is 6.07 Å². The van der Waals surface area contributed by atoms with Gasteiger partial charge in [0, 0.05) is 23.7 Å². The summed E-state index contributed by atoms with van der Waals surface area (Å²) in [4.78, 5) is 8.85. The minimum atomic E-state index is -0.857. The number of halogens is 2. The Kier molecular flexibility index (Phi) is 3.92. The molecule has 1 aromatic carbocycles. The van der Waals surface area contributed by atoms with Crippen LogP contribution in [0.5, 0.6) is 0 Å². The monoisotopic (exact) mass is 289 g/mol. The van der Waals surface area contributed by atoms with Gasteiger partial charge in [0.1, 0.15) is 5.82 Å². The number of benzene rings is 1. The van der Waals surface area contributed by atoms with Crippen molar-refractivity contribution >= 4 is 0 Å². The lowest BCUT2D eigenvalue weighted by Crippen LogP contribution is -2.29. The summed E-state index contributed by atoms with van der Waals surface area (Å²) in [5.74, 6) is -0.701. The van der Waals surface area contributed by atoms with Gasteiger partial charge < -0.3 is 5.32 Å². The second-order valence-electron chi connectivity index (χ2n) is 5.40. The maximum Gasteiger partial charge on any atom is 0.159 e. The largest absolute Gasteiger partial charge is 0.316 e. The SMILES string of the molecule is Cc1nc(-c2ccc(F)c(F)c2)cc([C@H]2CCCNC2)n1. The van der Waals surface area contributed by atoms with Crippen LogP contribution in [-0.4, -0.2) is 23.1 Å². The zero-order chi connectivity index (χ0) is 14.8. The minimum Gasteiger partial charge on any atom is -0.316 e. The van der Waals surface area contributed by atoms with Gasteiger partial charge in [0.15, 0.2) is 11.6 Å². The van der Waals surface area contributed by atoms with Gasteiger partial charge in [-0.3, -0.25) is 0 Å². The van der Waals surface area contributed by atoms with Gasteiger partial charge in [0.2, 0.25) is 0 Å². The maximum atomic E-state index is 13.4. The van der Waals surface area contributed by atoms with E-state index in [9.17, 15) is 8.78 Å². The summed E-state index contributed by atoms with van der Waals surface area (Å²) in [5, 5.41) is 3.36. The van der Waals surface area contributed by atoms with Crippen LogP contribution in [0.15, 0.2) is 24.3 Å². The van der Waals surface area contributed by atoms with Crippen LogP contribution in [-0.2, 0) is 0 Å². The van der Waals surface area contributed by atoms with Crippen molar-refractivity contribution in [2.45, 2.75) is 25.7 Å². The van der Waals surface area contributed by atoms with Crippen molar-refractivity contribution in [2.24, 2.45) is 0 Å². The second kappa shape index (κ2) is 5.85. The van der Waals surface area contributed by atoms with E-state index in [4.69, 9.17) is 0 Å². The molecule has 0 unspecified atom stereocenters. The molecule has 2 heterocycles. The van der Waals surface area contributed by atoms with Gasteiger partial charge in [-0.1, -0.05) is 0 Å². The first kappa shape index (κ1) is 14.1. The molecule has 1 aliphatic heterocycles. The molecule has 0 radical (unpaired) electrons. The van der Waals surface area contributed by atoms with Gasteiger partial charge >= 0.3 is 0 Å². The third kappa shape index (κ3) is 3.08. The van der Waals surface area contributed by atoms with E-state index in [1.165, 1.54) is 6.07 Å². The molecular formula is C16H17F2N3. The topological polar surface area (TPSA) is 37.8 Å². The number of nitrogens with zero attached hydrogens (tertiary/aromatic N) is 2. The Morgan fingerprint density at radius 2 is 2.00 bits per heavy atom. The molecule has 21 heavy (non-hydrogen) atoms. The highest BCUT2D eigenvalue weighted by Crippen LogP contribution is 2.26. The lowest BCUT2D eigenvalue weighted by atomic mass is 9.95. The van der Waals surface area contributed by atoms with Crippen molar-refractivity contribution in [3.63, 3.8) is 0 Å². The predicted octanol–water partition coefficient (Wildman–Crippen LogP) is 3.20. The molecule has 1 fully saturated rings. The Hall–Kier alpha value is -1.88. The van der Waals surface area contributed by atoms with E-state index in [-0.39, 0.29) is 0 Å². The summed E-state index contributed by atoms with van der Waals surface area (Å²) in [5.41, 5.74) is 2.18. The Balaban J connectivity index is 1.98.